The number of hydrogen-bond acceptors (Lipinski definition) is 17. The summed E-state index contributed by atoms with van der Waals surface area (Å²) in [4.78, 5) is 61.4. The molecule has 368 valence electrons. The zero-order chi connectivity index (χ0) is 49.8. The first-order valence-electron chi connectivity index (χ1n) is 21.9. The number of carboxylic acids is 1. The molecule has 0 saturated carbocycles. The van der Waals surface area contributed by atoms with Crippen LogP contribution in [0, 0.1) is 23.7 Å². The summed E-state index contributed by atoms with van der Waals surface area (Å²) >= 11 is 6.54. The summed E-state index contributed by atoms with van der Waals surface area (Å²) in [6.45, 7) is 5.20. The number of alkyl carbamates (subject to hydrolysis) is 1. The third-order valence-corrected chi connectivity index (χ3v) is 14.6. The summed E-state index contributed by atoms with van der Waals surface area (Å²) in [5.41, 5.74) is -1.39. The Morgan fingerprint density at radius 1 is 1.16 bits per heavy atom. The number of benzene rings is 1. The number of carbonyl (C=O) groups is 4. The van der Waals surface area contributed by atoms with E-state index in [4.69, 9.17) is 44.3 Å². The SMILES string of the molecule is COC(=O)NC1=C2/C(=C\CS(C)=S)[C@](O)(C#C/C=C\C#C[C@@H]2OC2OC(C)C(SC)(C(=O)c3nccc4c3[nH]c3ccc(OCC(=O)O)cc34)C(O)C2OC2CC(OC)C(NC(C)C)CO2)CC1=O. The molecular weight excluding hydrogens is 953 g/mol. The van der Waals surface area contributed by atoms with Crippen molar-refractivity contribution in [3.05, 3.63) is 71.2 Å². The Balaban J connectivity index is 1.35. The molecule has 2 fully saturated rings. The van der Waals surface area contributed by atoms with Gasteiger partial charge in [0.2, 0.25) is 5.78 Å². The van der Waals surface area contributed by atoms with Gasteiger partial charge in [0.1, 0.15) is 34.5 Å². The third-order valence-electron chi connectivity index (χ3n) is 12.1. The fourth-order valence-corrected chi connectivity index (χ4v) is 10.6. The number of ether oxygens (including phenoxy) is 7. The molecule has 0 spiro atoms. The maximum absolute atomic E-state index is 15.4. The Labute approximate surface area is 409 Å². The molecule has 2 bridgehead atoms. The Morgan fingerprint density at radius 3 is 2.62 bits per heavy atom. The molecule has 6 N–H and O–H groups in total. The molecule has 1 amide bonds. The Bertz CT molecular complexity index is 2750. The number of carboxylic acid groups (broad SMARTS) is 1. The molecule has 69 heavy (non-hydrogen) atoms. The first kappa shape index (κ1) is 51.8. The highest BCUT2D eigenvalue weighted by atomic mass is 32.8. The van der Waals surface area contributed by atoms with E-state index in [1.54, 1.807) is 50.6 Å². The van der Waals surface area contributed by atoms with Crippen LogP contribution in [-0.4, -0.2) is 160 Å². The lowest BCUT2D eigenvalue weighted by atomic mass is 9.75. The number of aliphatic carboxylic acids is 1. The number of H-pyrrole nitrogens is 1. The molecule has 4 aliphatic rings. The lowest BCUT2D eigenvalue weighted by Crippen LogP contribution is -2.69. The largest absolute Gasteiger partial charge is 0.482 e. The number of Topliss-reactive ketones (excluding diaryl/α,β-unsaturated/α-hetero) is 2. The summed E-state index contributed by atoms with van der Waals surface area (Å²) < 4.78 is 40.9. The summed E-state index contributed by atoms with van der Waals surface area (Å²) in [5.74, 6) is 9.50. The van der Waals surface area contributed by atoms with E-state index < -0.39 is 99.6 Å². The normalized spacial score (nSPS) is 30.5. The predicted molar refractivity (Wildman–Crippen MR) is 260 cm³/mol. The van der Waals surface area contributed by atoms with Crippen molar-refractivity contribution < 1.29 is 67.7 Å². The zero-order valence-corrected chi connectivity index (χ0v) is 41.3. The van der Waals surface area contributed by atoms with Crippen molar-refractivity contribution in [1.82, 2.24) is 20.6 Å². The number of pyridine rings is 1. The number of nitrogens with zero attached hydrogens (tertiary/aromatic N) is 1. The van der Waals surface area contributed by atoms with Gasteiger partial charge in [-0.15, -0.1) is 21.2 Å². The van der Waals surface area contributed by atoms with Crippen LogP contribution in [0.25, 0.3) is 21.8 Å². The standard InChI is InChI=1S/C48H54N4O14S3/c1-25(2)50-32-23-63-37(21-35(32)60-4)66-42-44(57)48(68-6,43(56)41-39-28(15-18-49-41)29-20-27(62-24-36(54)55)13-14-31(29)51-39)26(3)64-45(42)65-34-12-10-8-9-11-17-47(59)22-33(53)40(52-46(58)61-5)38(34)30(47)16-19-69(7)67/h8-9,13-16,18,20,25-26,32,34-35,37,42,44-45,50-51,57,59H,19,21-24H2,1-7H3,(H,52,58)(H,54,55)/b9-8-,30-16+/t26?,32?,34-,35?,37?,42?,44?,45?,47-,48?,69?/m0/s1. The van der Waals surface area contributed by atoms with Crippen LogP contribution in [0.2, 0.25) is 0 Å². The van der Waals surface area contributed by atoms with Gasteiger partial charge in [0.25, 0.3) is 0 Å². The van der Waals surface area contributed by atoms with Crippen molar-refractivity contribution in [2.75, 3.05) is 45.7 Å². The molecule has 2 aliphatic carbocycles. The second-order valence-electron chi connectivity index (χ2n) is 16.9. The van der Waals surface area contributed by atoms with Gasteiger partial charge in [0.05, 0.1) is 49.6 Å². The third kappa shape index (κ3) is 10.8. The predicted octanol–water partition coefficient (Wildman–Crippen LogP) is 3.00. The van der Waals surface area contributed by atoms with Crippen LogP contribution < -0.4 is 15.4 Å². The number of carbonyl (C=O) groups excluding carboxylic acids is 3. The number of fused-ring (bicyclic) bond motifs is 5. The van der Waals surface area contributed by atoms with Gasteiger partial charge in [-0.25, -0.2) is 9.59 Å². The fourth-order valence-electron chi connectivity index (χ4n) is 8.96. The number of methoxy groups -OCH3 is 2. The highest BCUT2D eigenvalue weighted by Crippen LogP contribution is 2.46. The molecule has 2 saturated heterocycles. The summed E-state index contributed by atoms with van der Waals surface area (Å²) in [5, 5.41) is 41.6. The molecule has 3 aromatic rings. The van der Waals surface area contributed by atoms with Crippen LogP contribution in [0.1, 0.15) is 44.1 Å². The molecular formula is C48H54N4O14S3. The smallest absolute Gasteiger partial charge is 0.411 e. The number of allylic oxidation sites excluding steroid dienone is 3. The van der Waals surface area contributed by atoms with Crippen LogP contribution in [0.5, 0.6) is 5.75 Å². The van der Waals surface area contributed by atoms with E-state index in [0.29, 0.717) is 27.6 Å². The number of aliphatic hydroxyl groups is 2. The van der Waals surface area contributed by atoms with Gasteiger partial charge in [-0.3, -0.25) is 19.9 Å². The highest BCUT2D eigenvalue weighted by Gasteiger charge is 2.61. The fraction of sp³-hybridized carbons (Fsp3) is 0.479. The average Bonchev–Trinajstić information content (AvgIpc) is 3.69. The maximum atomic E-state index is 15.4. The summed E-state index contributed by atoms with van der Waals surface area (Å²) in [7, 11) is 2.08. The first-order chi connectivity index (χ1) is 32.9. The van der Waals surface area contributed by atoms with Gasteiger partial charge < -0.3 is 58.8 Å². The minimum absolute atomic E-state index is 0.0316. The second kappa shape index (κ2) is 22.0. The van der Waals surface area contributed by atoms with Crippen molar-refractivity contribution in [2.24, 2.45) is 0 Å². The Kier molecular flexibility index (Phi) is 16.5. The number of hydrogen-bond donors (Lipinski definition) is 6. The molecule has 0 radical (unpaired) electrons. The number of aromatic nitrogens is 2. The van der Waals surface area contributed by atoms with Gasteiger partial charge in [-0.2, -0.15) is 0 Å². The lowest BCUT2D eigenvalue weighted by molar-refractivity contribution is -0.323. The Hall–Kier alpha value is -5.01. The van der Waals surface area contributed by atoms with Gasteiger partial charge >= 0.3 is 12.1 Å². The average molecular weight is 1010 g/mol. The molecule has 4 heterocycles. The van der Waals surface area contributed by atoms with E-state index in [1.165, 1.54) is 18.3 Å². The van der Waals surface area contributed by atoms with Crippen molar-refractivity contribution in [3.8, 4) is 29.4 Å². The lowest BCUT2D eigenvalue weighted by Gasteiger charge is -2.51. The van der Waals surface area contributed by atoms with Crippen LogP contribution >= 0.6 is 11.8 Å². The number of ketones is 2. The Morgan fingerprint density at radius 2 is 1.93 bits per heavy atom. The molecule has 7 rings (SSSR count). The minimum atomic E-state index is -2.08. The number of amides is 1. The quantitative estimate of drug-likeness (QED) is 0.0892. The maximum Gasteiger partial charge on any atom is 0.411 e. The molecule has 21 heteroatoms. The van der Waals surface area contributed by atoms with Crippen molar-refractivity contribution in [1.29, 1.82) is 0 Å². The number of rotatable bonds is 16. The number of aromatic amines is 1. The topological polar surface area (TPSA) is 246 Å². The number of aliphatic hydroxyl groups excluding tert-OH is 1. The monoisotopic (exact) mass is 1010 g/mol. The number of thioether (sulfide) groups is 1. The first-order valence-corrected chi connectivity index (χ1v) is 25.8. The van der Waals surface area contributed by atoms with E-state index in [-0.39, 0.29) is 53.4 Å². The van der Waals surface area contributed by atoms with Gasteiger partial charge in [-0.05, 0) is 55.9 Å². The van der Waals surface area contributed by atoms with Crippen LogP contribution in [0.3, 0.4) is 0 Å². The van der Waals surface area contributed by atoms with Gasteiger partial charge in [0.15, 0.2) is 30.6 Å². The van der Waals surface area contributed by atoms with E-state index in [2.05, 4.69) is 44.3 Å². The van der Waals surface area contributed by atoms with E-state index in [0.717, 1.165) is 18.9 Å². The van der Waals surface area contributed by atoms with Crippen molar-refractivity contribution >= 4 is 77.8 Å². The molecule has 11 atom stereocenters. The molecule has 1 aromatic carbocycles. The molecule has 18 nitrogen and oxygen atoms in total. The summed E-state index contributed by atoms with van der Waals surface area (Å²) in [6.07, 6.45) is -0.944. The molecule has 2 aliphatic heterocycles. The molecule has 9 unspecified atom stereocenters. The zero-order valence-electron chi connectivity index (χ0n) is 38.9. The van der Waals surface area contributed by atoms with Crippen LogP contribution in [-0.2, 0) is 58.7 Å². The van der Waals surface area contributed by atoms with E-state index in [9.17, 15) is 29.7 Å². The number of nitrogens with one attached hydrogen (secondary N) is 3. The second-order valence-corrected chi connectivity index (χ2v) is 21.2. The van der Waals surface area contributed by atoms with Gasteiger partial charge in [-0.1, -0.05) is 54.8 Å². The highest BCUT2D eigenvalue weighted by molar-refractivity contribution is 8.28. The van der Waals surface area contributed by atoms with Crippen LogP contribution in [0.15, 0.2) is 65.5 Å². The van der Waals surface area contributed by atoms with Gasteiger partial charge in [0, 0.05) is 59.0 Å². The van der Waals surface area contributed by atoms with Crippen molar-refractivity contribution in [3.63, 3.8) is 0 Å². The molecule has 2 aromatic heterocycles. The van der Waals surface area contributed by atoms with E-state index in [1.807, 2.05) is 20.1 Å². The summed E-state index contributed by atoms with van der Waals surface area (Å²) in [6, 6.07) is 6.55. The minimum Gasteiger partial charge on any atom is -0.482 e. The van der Waals surface area contributed by atoms with Crippen LogP contribution in [0.4, 0.5) is 4.79 Å². The van der Waals surface area contributed by atoms with E-state index >= 15 is 4.79 Å². The van der Waals surface area contributed by atoms with Crippen molar-refractivity contribution in [2.45, 2.75) is 99.1 Å².